The molecule has 1 aliphatic carbocycles. The van der Waals surface area contributed by atoms with Crippen LogP contribution >= 0.6 is 0 Å². The summed E-state index contributed by atoms with van der Waals surface area (Å²) >= 11 is 0. The van der Waals surface area contributed by atoms with Crippen LogP contribution in [0.4, 0.5) is 11.6 Å². The van der Waals surface area contributed by atoms with Crippen LogP contribution in [0.3, 0.4) is 0 Å². The molecular formula is C42H30N6. The minimum atomic E-state index is -0.436. The van der Waals surface area contributed by atoms with Crippen LogP contribution in [0.2, 0.25) is 0 Å². The van der Waals surface area contributed by atoms with Crippen molar-refractivity contribution >= 4 is 61.3 Å². The van der Waals surface area contributed by atoms with Crippen molar-refractivity contribution in [1.29, 1.82) is 0 Å². The van der Waals surface area contributed by atoms with Crippen LogP contribution in [0.25, 0.3) is 61.6 Å². The van der Waals surface area contributed by atoms with Gasteiger partial charge in [-0.25, -0.2) is 0 Å². The van der Waals surface area contributed by atoms with E-state index in [0.717, 1.165) is 54.9 Å². The maximum Gasteiger partial charge on any atom is 0.241 e. The van der Waals surface area contributed by atoms with Crippen LogP contribution < -0.4 is 4.90 Å². The highest BCUT2D eigenvalue weighted by Crippen LogP contribution is 2.53. The number of fused-ring (bicyclic) bond motifs is 9. The molecule has 0 saturated carbocycles. The highest BCUT2D eigenvalue weighted by atomic mass is 15.4. The molecule has 2 unspecified atom stereocenters. The van der Waals surface area contributed by atoms with Gasteiger partial charge in [-0.05, 0) is 54.4 Å². The molecule has 5 aromatic carbocycles. The Bertz CT molecular complexity index is 2450. The molecule has 2 aliphatic rings. The summed E-state index contributed by atoms with van der Waals surface area (Å²) in [5, 5.41) is 4.63. The zero-order valence-electron chi connectivity index (χ0n) is 26.3. The summed E-state index contributed by atoms with van der Waals surface area (Å²) in [6.45, 7) is 6.32. The average Bonchev–Trinajstić information content (AvgIpc) is 3.74. The summed E-state index contributed by atoms with van der Waals surface area (Å²) in [6, 6.07) is 40.5. The Morgan fingerprint density at radius 3 is 1.58 bits per heavy atom. The minimum absolute atomic E-state index is 0.113. The van der Waals surface area contributed by atoms with Crippen molar-refractivity contribution in [3.63, 3.8) is 0 Å². The number of nitrogens with zero attached hydrogens (tertiary/aromatic N) is 6. The van der Waals surface area contributed by atoms with Gasteiger partial charge in [0, 0.05) is 33.2 Å². The van der Waals surface area contributed by atoms with Crippen molar-refractivity contribution in [3.8, 4) is 11.9 Å². The second kappa shape index (κ2) is 9.86. The number of hydrogen-bond acceptors (Lipinski definition) is 4. The van der Waals surface area contributed by atoms with Gasteiger partial charge in [0.2, 0.25) is 17.8 Å². The molecule has 10 rings (SSSR count). The lowest BCUT2D eigenvalue weighted by Crippen LogP contribution is -2.43. The smallest absolute Gasteiger partial charge is 0.241 e. The SMILES string of the molecule is C=Cc1ccc2c(c1)C1C=CC=CC1(C)N2c1nc(-n2c3ccccc3c3ccccc32)nc(-n2c3ccccc3c3ccccc32)n1. The van der Waals surface area contributed by atoms with E-state index in [4.69, 9.17) is 15.0 Å². The van der Waals surface area contributed by atoms with Gasteiger partial charge in [0.05, 0.1) is 27.6 Å². The quantitative estimate of drug-likeness (QED) is 0.197. The molecule has 0 saturated heterocycles. The van der Waals surface area contributed by atoms with Crippen LogP contribution in [0.5, 0.6) is 0 Å². The van der Waals surface area contributed by atoms with Crippen LogP contribution in [0.1, 0.15) is 24.0 Å². The Morgan fingerprint density at radius 1 is 0.604 bits per heavy atom. The van der Waals surface area contributed by atoms with Crippen molar-refractivity contribution in [2.75, 3.05) is 4.90 Å². The summed E-state index contributed by atoms with van der Waals surface area (Å²) < 4.78 is 4.36. The molecule has 0 N–H and O–H groups in total. The molecule has 4 heterocycles. The molecule has 0 fully saturated rings. The fraction of sp³-hybridized carbons (Fsp3) is 0.0714. The van der Waals surface area contributed by atoms with E-state index in [1.807, 2.05) is 6.08 Å². The third-order valence-electron chi connectivity index (χ3n) is 10.2. The maximum absolute atomic E-state index is 5.38. The molecule has 6 heteroatoms. The topological polar surface area (TPSA) is 51.8 Å². The van der Waals surface area contributed by atoms with E-state index >= 15 is 0 Å². The van der Waals surface area contributed by atoms with Crippen molar-refractivity contribution in [2.24, 2.45) is 0 Å². The third kappa shape index (κ3) is 3.60. The molecule has 228 valence electrons. The summed E-state index contributed by atoms with van der Waals surface area (Å²) in [6.07, 6.45) is 10.7. The number of hydrogen-bond donors (Lipinski definition) is 0. The number of rotatable bonds is 4. The third-order valence-corrected chi connectivity index (χ3v) is 10.2. The Kier molecular flexibility index (Phi) is 5.53. The van der Waals surface area contributed by atoms with Gasteiger partial charge >= 0.3 is 0 Å². The van der Waals surface area contributed by atoms with E-state index in [0.29, 0.717) is 17.8 Å². The predicted molar refractivity (Wildman–Crippen MR) is 197 cm³/mol. The number of allylic oxidation sites excluding steroid dienone is 2. The van der Waals surface area contributed by atoms with E-state index in [2.05, 4.69) is 167 Å². The summed E-state index contributed by atoms with van der Waals surface area (Å²) in [4.78, 5) is 18.4. The van der Waals surface area contributed by atoms with Gasteiger partial charge in [0.15, 0.2) is 0 Å². The zero-order valence-corrected chi connectivity index (χ0v) is 26.3. The van der Waals surface area contributed by atoms with Gasteiger partial charge in [0.25, 0.3) is 0 Å². The second-order valence-corrected chi connectivity index (χ2v) is 12.8. The maximum atomic E-state index is 5.38. The first-order chi connectivity index (χ1) is 23.6. The Hall–Kier alpha value is -6.27. The molecule has 1 aliphatic heterocycles. The highest BCUT2D eigenvalue weighted by molar-refractivity contribution is 6.10. The van der Waals surface area contributed by atoms with Crippen LogP contribution in [0.15, 0.2) is 146 Å². The molecule has 2 atom stereocenters. The Morgan fingerprint density at radius 2 is 1.08 bits per heavy atom. The fourth-order valence-corrected chi connectivity index (χ4v) is 8.01. The van der Waals surface area contributed by atoms with E-state index < -0.39 is 5.54 Å². The first-order valence-corrected chi connectivity index (χ1v) is 16.3. The lowest BCUT2D eigenvalue weighted by atomic mass is 9.80. The molecule has 6 nitrogen and oxygen atoms in total. The van der Waals surface area contributed by atoms with Crippen molar-refractivity contribution in [3.05, 3.63) is 157 Å². The van der Waals surface area contributed by atoms with Gasteiger partial charge in [-0.2, -0.15) is 15.0 Å². The van der Waals surface area contributed by atoms with Crippen molar-refractivity contribution in [1.82, 2.24) is 24.1 Å². The second-order valence-electron chi connectivity index (χ2n) is 12.8. The monoisotopic (exact) mass is 618 g/mol. The van der Waals surface area contributed by atoms with E-state index in [9.17, 15) is 0 Å². The lowest BCUT2D eigenvalue weighted by Gasteiger charge is -2.37. The molecule has 8 aromatic rings. The molecule has 0 radical (unpaired) electrons. The zero-order chi connectivity index (χ0) is 32.0. The minimum Gasteiger partial charge on any atom is -0.300 e. The van der Waals surface area contributed by atoms with Gasteiger partial charge in [-0.15, -0.1) is 0 Å². The van der Waals surface area contributed by atoms with E-state index in [-0.39, 0.29) is 5.92 Å². The summed E-state index contributed by atoms with van der Waals surface area (Å²) in [7, 11) is 0. The van der Waals surface area contributed by atoms with Gasteiger partial charge in [-0.3, -0.25) is 14.0 Å². The standard InChI is InChI=1S/C42H30N6/c1-3-27-23-24-38-32(26-27)33-18-12-13-25-42(33,2)48(38)41-44-39(46-34-19-8-4-14-28(34)29-15-5-9-20-35(29)46)43-40(45-41)47-36-21-10-6-16-30(36)31-17-7-11-22-37(31)47/h3-26,33H,1H2,2H3. The first kappa shape index (κ1) is 26.9. The molecule has 0 amide bonds. The fourth-order valence-electron chi connectivity index (χ4n) is 8.01. The van der Waals surface area contributed by atoms with Crippen LogP contribution in [-0.4, -0.2) is 29.6 Å². The summed E-state index contributed by atoms with van der Waals surface area (Å²) in [5.74, 6) is 1.85. The molecular weight excluding hydrogens is 589 g/mol. The Balaban J connectivity index is 1.33. The van der Waals surface area contributed by atoms with Gasteiger partial charge in [0.1, 0.15) is 0 Å². The molecule has 0 spiro atoms. The lowest BCUT2D eigenvalue weighted by molar-refractivity contribution is 0.533. The van der Waals surface area contributed by atoms with Crippen molar-refractivity contribution < 1.29 is 0 Å². The number of anilines is 2. The van der Waals surface area contributed by atoms with E-state index in [1.165, 1.54) is 5.56 Å². The van der Waals surface area contributed by atoms with Crippen LogP contribution in [0, 0.1) is 0 Å². The van der Waals surface area contributed by atoms with Crippen molar-refractivity contribution in [2.45, 2.75) is 18.4 Å². The normalized spacial score (nSPS) is 18.3. The number of benzene rings is 5. The van der Waals surface area contributed by atoms with Gasteiger partial charge in [-0.1, -0.05) is 116 Å². The number of para-hydroxylation sites is 4. The van der Waals surface area contributed by atoms with Crippen LogP contribution in [-0.2, 0) is 0 Å². The summed E-state index contributed by atoms with van der Waals surface area (Å²) in [5.41, 5.74) is 7.15. The molecule has 0 bridgehead atoms. The van der Waals surface area contributed by atoms with Gasteiger partial charge < -0.3 is 0 Å². The number of aromatic nitrogens is 5. The highest BCUT2D eigenvalue weighted by Gasteiger charge is 2.48. The Labute approximate surface area is 277 Å². The molecule has 3 aromatic heterocycles. The molecule has 48 heavy (non-hydrogen) atoms. The predicted octanol–water partition coefficient (Wildman–Crippen LogP) is 9.83. The van der Waals surface area contributed by atoms with E-state index in [1.54, 1.807) is 0 Å². The average molecular weight is 619 g/mol. The first-order valence-electron chi connectivity index (χ1n) is 16.3. The largest absolute Gasteiger partial charge is 0.300 e.